The van der Waals surface area contributed by atoms with Gasteiger partial charge in [0.05, 0.1) is 7.11 Å². The smallest absolute Gasteiger partial charge is 0.331 e. The molecule has 0 unspecified atom stereocenters. The number of esters is 1. The summed E-state index contributed by atoms with van der Waals surface area (Å²) in [6, 6.07) is 0. The van der Waals surface area contributed by atoms with Crippen molar-refractivity contribution in [2.24, 2.45) is 11.8 Å². The third-order valence-electron chi connectivity index (χ3n) is 3.35. The second-order valence-corrected chi connectivity index (χ2v) is 5.98. The minimum Gasteiger partial charge on any atom is -0.466 e. The Morgan fingerprint density at radius 3 is 2.88 bits per heavy atom. The molecule has 0 N–H and O–H groups in total. The molecule has 1 rings (SSSR count). The van der Waals surface area contributed by atoms with Crippen molar-refractivity contribution in [2.75, 3.05) is 7.11 Å². The lowest BCUT2D eigenvalue weighted by Gasteiger charge is -2.27. The largest absolute Gasteiger partial charge is 0.466 e. The van der Waals surface area contributed by atoms with Gasteiger partial charge in [0.15, 0.2) is 0 Å². The summed E-state index contributed by atoms with van der Waals surface area (Å²) >= 11 is 2.14. The highest BCUT2D eigenvalue weighted by molar-refractivity contribution is 14.1. The predicted molar refractivity (Wildman–Crippen MR) is 74.9 cm³/mol. The molecule has 96 valence electrons. The molecule has 0 heterocycles. The highest BCUT2D eigenvalue weighted by Gasteiger charge is 2.28. The molecule has 1 aliphatic carbocycles. The Morgan fingerprint density at radius 2 is 2.29 bits per heavy atom. The highest BCUT2D eigenvalue weighted by atomic mass is 127. The second-order valence-electron chi connectivity index (χ2n) is 4.60. The van der Waals surface area contributed by atoms with Gasteiger partial charge in [-0.2, -0.15) is 0 Å². The Labute approximate surface area is 116 Å². The number of allylic oxidation sites excluding steroid dienone is 1. The SMILES string of the molecule is COC(=O)/C=C(\I)CC[C@H]1C(=O)CCC[C@@H]1C. The van der Waals surface area contributed by atoms with Crippen LogP contribution in [-0.4, -0.2) is 18.9 Å². The van der Waals surface area contributed by atoms with Crippen LogP contribution in [0.15, 0.2) is 9.66 Å². The topological polar surface area (TPSA) is 43.4 Å². The lowest BCUT2D eigenvalue weighted by atomic mass is 9.77. The Balaban J connectivity index is 2.46. The van der Waals surface area contributed by atoms with Crippen LogP contribution in [-0.2, 0) is 14.3 Å². The van der Waals surface area contributed by atoms with Gasteiger partial charge < -0.3 is 4.74 Å². The van der Waals surface area contributed by atoms with E-state index >= 15 is 0 Å². The zero-order valence-electron chi connectivity index (χ0n) is 10.4. The number of halogens is 1. The quantitative estimate of drug-likeness (QED) is 0.444. The molecule has 0 spiro atoms. The number of ether oxygens (including phenoxy) is 1. The molecule has 0 aromatic heterocycles. The average Bonchev–Trinajstić information content (AvgIpc) is 2.28. The van der Waals surface area contributed by atoms with E-state index in [1.807, 2.05) is 0 Å². The maximum atomic E-state index is 11.8. The molecule has 2 atom stereocenters. The van der Waals surface area contributed by atoms with E-state index in [-0.39, 0.29) is 11.9 Å². The van der Waals surface area contributed by atoms with E-state index < -0.39 is 0 Å². The van der Waals surface area contributed by atoms with E-state index in [2.05, 4.69) is 34.3 Å². The maximum absolute atomic E-state index is 11.8. The highest BCUT2D eigenvalue weighted by Crippen LogP contribution is 2.32. The van der Waals surface area contributed by atoms with Gasteiger partial charge in [0.25, 0.3) is 0 Å². The number of methoxy groups -OCH3 is 1. The van der Waals surface area contributed by atoms with Gasteiger partial charge in [-0.25, -0.2) is 4.79 Å². The molecule has 0 aromatic carbocycles. The van der Waals surface area contributed by atoms with Crippen LogP contribution in [0.25, 0.3) is 0 Å². The van der Waals surface area contributed by atoms with Crippen LogP contribution in [0.5, 0.6) is 0 Å². The van der Waals surface area contributed by atoms with E-state index in [1.54, 1.807) is 0 Å². The minimum atomic E-state index is -0.322. The molecule has 0 aromatic rings. The molecular formula is C13H19IO3. The van der Waals surface area contributed by atoms with E-state index in [0.29, 0.717) is 11.7 Å². The first-order valence-corrected chi connectivity index (χ1v) is 7.09. The van der Waals surface area contributed by atoms with Crippen molar-refractivity contribution in [1.29, 1.82) is 0 Å². The summed E-state index contributed by atoms with van der Waals surface area (Å²) in [7, 11) is 1.37. The number of Topliss-reactive ketones (excluding diaryl/α,β-unsaturated/α-hetero) is 1. The molecule has 1 saturated carbocycles. The summed E-state index contributed by atoms with van der Waals surface area (Å²) in [5, 5.41) is 0. The summed E-state index contributed by atoms with van der Waals surface area (Å²) in [4.78, 5) is 22.8. The maximum Gasteiger partial charge on any atom is 0.331 e. The number of carbonyl (C=O) groups is 2. The van der Waals surface area contributed by atoms with Crippen molar-refractivity contribution in [1.82, 2.24) is 0 Å². The lowest BCUT2D eigenvalue weighted by Crippen LogP contribution is -2.26. The van der Waals surface area contributed by atoms with Gasteiger partial charge in [-0.3, -0.25) is 4.79 Å². The summed E-state index contributed by atoms with van der Waals surface area (Å²) in [5.41, 5.74) is 0. The van der Waals surface area contributed by atoms with E-state index in [0.717, 1.165) is 35.7 Å². The Hall–Kier alpha value is -0.390. The number of rotatable bonds is 4. The van der Waals surface area contributed by atoms with E-state index in [4.69, 9.17) is 0 Å². The zero-order valence-corrected chi connectivity index (χ0v) is 12.5. The van der Waals surface area contributed by atoms with Crippen LogP contribution in [0.3, 0.4) is 0 Å². The van der Waals surface area contributed by atoms with Gasteiger partial charge in [0, 0.05) is 18.4 Å². The van der Waals surface area contributed by atoms with Crippen molar-refractivity contribution in [3.8, 4) is 0 Å². The van der Waals surface area contributed by atoms with Gasteiger partial charge in [-0.05, 0) is 57.8 Å². The molecule has 3 nitrogen and oxygen atoms in total. The Morgan fingerprint density at radius 1 is 1.59 bits per heavy atom. The summed E-state index contributed by atoms with van der Waals surface area (Å²) in [6.07, 6.45) is 6.05. The number of hydrogen-bond donors (Lipinski definition) is 0. The van der Waals surface area contributed by atoms with Gasteiger partial charge >= 0.3 is 5.97 Å². The van der Waals surface area contributed by atoms with Crippen LogP contribution in [0.4, 0.5) is 0 Å². The normalized spacial score (nSPS) is 25.8. The van der Waals surface area contributed by atoms with E-state index in [1.165, 1.54) is 13.2 Å². The summed E-state index contributed by atoms with van der Waals surface area (Å²) in [6.45, 7) is 2.15. The molecule has 0 saturated heterocycles. The van der Waals surface area contributed by atoms with Crippen LogP contribution in [0, 0.1) is 11.8 Å². The van der Waals surface area contributed by atoms with Gasteiger partial charge in [0.1, 0.15) is 5.78 Å². The lowest BCUT2D eigenvalue weighted by molar-refractivity contribution is -0.134. The summed E-state index contributed by atoms with van der Waals surface area (Å²) in [5.74, 6) is 0.738. The Kier molecular flexibility index (Phi) is 6.16. The first-order chi connectivity index (χ1) is 8.04. The van der Waals surface area contributed by atoms with Crippen molar-refractivity contribution < 1.29 is 14.3 Å². The monoisotopic (exact) mass is 350 g/mol. The number of hydrogen-bond acceptors (Lipinski definition) is 3. The van der Waals surface area contributed by atoms with Crippen LogP contribution in [0.1, 0.15) is 39.0 Å². The van der Waals surface area contributed by atoms with Crippen LogP contribution < -0.4 is 0 Å². The summed E-state index contributed by atoms with van der Waals surface area (Å²) < 4.78 is 5.53. The van der Waals surface area contributed by atoms with Gasteiger partial charge in [0.2, 0.25) is 0 Å². The van der Waals surface area contributed by atoms with Crippen molar-refractivity contribution >= 4 is 34.3 Å². The fraction of sp³-hybridized carbons (Fsp3) is 0.692. The van der Waals surface area contributed by atoms with Crippen molar-refractivity contribution in [3.05, 3.63) is 9.66 Å². The predicted octanol–water partition coefficient (Wildman–Crippen LogP) is 3.26. The Bertz CT molecular complexity index is 323. The van der Waals surface area contributed by atoms with Crippen molar-refractivity contribution in [3.63, 3.8) is 0 Å². The zero-order chi connectivity index (χ0) is 12.8. The molecule has 1 aliphatic rings. The van der Waals surface area contributed by atoms with Crippen molar-refractivity contribution in [2.45, 2.75) is 39.0 Å². The second kappa shape index (κ2) is 7.13. The van der Waals surface area contributed by atoms with Gasteiger partial charge in [-0.1, -0.05) is 6.92 Å². The van der Waals surface area contributed by atoms with Gasteiger partial charge in [-0.15, -0.1) is 0 Å². The third-order valence-corrected chi connectivity index (χ3v) is 4.20. The van der Waals surface area contributed by atoms with Crippen LogP contribution in [0.2, 0.25) is 0 Å². The average molecular weight is 350 g/mol. The van der Waals surface area contributed by atoms with Crippen LogP contribution >= 0.6 is 22.6 Å². The fourth-order valence-electron chi connectivity index (χ4n) is 2.30. The molecule has 4 heteroatoms. The number of carbonyl (C=O) groups excluding carboxylic acids is 2. The molecule has 1 fully saturated rings. The molecule has 17 heavy (non-hydrogen) atoms. The van der Waals surface area contributed by atoms with E-state index in [9.17, 15) is 9.59 Å². The molecule has 0 radical (unpaired) electrons. The standard InChI is InChI=1S/C13H19IO3/c1-9-4-3-5-12(15)11(9)7-6-10(14)8-13(16)17-2/h8-9,11H,3-7H2,1-2H3/b10-8-/t9-,11+/m0/s1. The minimum absolute atomic E-state index is 0.180. The molecule has 0 amide bonds. The number of ketones is 1. The fourth-order valence-corrected chi connectivity index (χ4v) is 2.87. The first-order valence-electron chi connectivity index (χ1n) is 6.01. The molecular weight excluding hydrogens is 331 g/mol. The molecule has 0 aliphatic heterocycles. The molecule has 0 bridgehead atoms. The first kappa shape index (κ1) is 14.7. The third kappa shape index (κ3) is 4.77.